The molecule has 1 rings (SSSR count). The van der Waals surface area contributed by atoms with Gasteiger partial charge in [-0.05, 0) is 40.2 Å². The number of carbonyl (C=O) groups excluding carboxylic acids is 1. The van der Waals surface area contributed by atoms with Crippen LogP contribution in [0, 0.1) is 0 Å². The second-order valence-corrected chi connectivity index (χ2v) is 4.87. The van der Waals surface area contributed by atoms with Crippen molar-refractivity contribution >= 4 is 5.91 Å². The monoisotopic (exact) mass is 228 g/mol. The van der Waals surface area contributed by atoms with Gasteiger partial charge in [0.15, 0.2) is 0 Å². The first-order chi connectivity index (χ1) is 7.49. The van der Waals surface area contributed by atoms with E-state index in [1.165, 1.54) is 0 Å². The average Bonchev–Trinajstić information content (AvgIpc) is 2.14. The summed E-state index contributed by atoms with van der Waals surface area (Å²) in [5.74, 6) is 0.0781. The SMILES string of the molecule is CCNC(C)(C)C(=O)NC1CC(OCC)C1. The summed E-state index contributed by atoms with van der Waals surface area (Å²) in [6, 6.07) is 0.294. The quantitative estimate of drug-likeness (QED) is 0.714. The van der Waals surface area contributed by atoms with Gasteiger partial charge in [-0.25, -0.2) is 0 Å². The Kier molecular flexibility index (Phi) is 4.74. The lowest BCUT2D eigenvalue weighted by Crippen LogP contribution is -2.58. The molecule has 1 aliphatic rings. The standard InChI is InChI=1S/C12H24N2O2/c1-5-13-12(3,4)11(15)14-9-7-10(8-9)16-6-2/h9-10,13H,5-8H2,1-4H3,(H,14,15). The van der Waals surface area contributed by atoms with Crippen molar-refractivity contribution in [3.05, 3.63) is 0 Å². The summed E-state index contributed by atoms with van der Waals surface area (Å²) in [7, 11) is 0. The van der Waals surface area contributed by atoms with Gasteiger partial charge in [0, 0.05) is 12.6 Å². The molecule has 1 fully saturated rings. The van der Waals surface area contributed by atoms with E-state index in [0.29, 0.717) is 12.1 Å². The Morgan fingerprint density at radius 2 is 2.00 bits per heavy atom. The molecule has 1 amide bonds. The van der Waals surface area contributed by atoms with Crippen molar-refractivity contribution in [3.8, 4) is 0 Å². The largest absolute Gasteiger partial charge is 0.378 e. The number of rotatable bonds is 6. The Hall–Kier alpha value is -0.610. The van der Waals surface area contributed by atoms with Crippen LogP contribution in [0.5, 0.6) is 0 Å². The lowest BCUT2D eigenvalue weighted by Gasteiger charge is -2.37. The Morgan fingerprint density at radius 1 is 1.38 bits per heavy atom. The van der Waals surface area contributed by atoms with Gasteiger partial charge in [0.2, 0.25) is 5.91 Å². The van der Waals surface area contributed by atoms with Gasteiger partial charge >= 0.3 is 0 Å². The van der Waals surface area contributed by atoms with Gasteiger partial charge in [0.05, 0.1) is 11.6 Å². The molecule has 4 nitrogen and oxygen atoms in total. The van der Waals surface area contributed by atoms with Crippen LogP contribution >= 0.6 is 0 Å². The second-order valence-electron chi connectivity index (χ2n) is 4.87. The van der Waals surface area contributed by atoms with Crippen molar-refractivity contribution < 1.29 is 9.53 Å². The molecule has 1 saturated carbocycles. The van der Waals surface area contributed by atoms with E-state index in [0.717, 1.165) is 26.0 Å². The highest BCUT2D eigenvalue weighted by molar-refractivity contribution is 5.85. The fourth-order valence-electron chi connectivity index (χ4n) is 1.94. The van der Waals surface area contributed by atoms with Crippen LogP contribution in [0.2, 0.25) is 0 Å². The maximum absolute atomic E-state index is 11.9. The molecule has 0 aliphatic heterocycles. The van der Waals surface area contributed by atoms with Crippen LogP contribution in [0.4, 0.5) is 0 Å². The van der Waals surface area contributed by atoms with Crippen molar-refractivity contribution in [3.63, 3.8) is 0 Å². The average molecular weight is 228 g/mol. The molecule has 0 unspecified atom stereocenters. The molecule has 0 aromatic heterocycles. The van der Waals surface area contributed by atoms with Gasteiger partial charge < -0.3 is 15.4 Å². The molecule has 0 heterocycles. The zero-order chi connectivity index (χ0) is 12.2. The Bertz CT molecular complexity index is 235. The Labute approximate surface area is 98.1 Å². The van der Waals surface area contributed by atoms with Crippen molar-refractivity contribution in [2.75, 3.05) is 13.2 Å². The highest BCUT2D eigenvalue weighted by Gasteiger charge is 2.34. The van der Waals surface area contributed by atoms with E-state index in [-0.39, 0.29) is 5.91 Å². The fourth-order valence-corrected chi connectivity index (χ4v) is 1.94. The number of nitrogens with one attached hydrogen (secondary N) is 2. The minimum Gasteiger partial charge on any atom is -0.378 e. The molecule has 94 valence electrons. The zero-order valence-corrected chi connectivity index (χ0v) is 10.8. The number of likely N-dealkylation sites (N-methyl/N-ethyl adjacent to an activating group) is 1. The summed E-state index contributed by atoms with van der Waals surface area (Å²) in [6.07, 6.45) is 2.24. The third-order valence-electron chi connectivity index (χ3n) is 3.02. The summed E-state index contributed by atoms with van der Waals surface area (Å²) in [5.41, 5.74) is -0.481. The molecular formula is C12H24N2O2. The predicted molar refractivity (Wildman–Crippen MR) is 64.3 cm³/mol. The predicted octanol–water partition coefficient (Wildman–Crippen LogP) is 1.06. The number of hydrogen-bond donors (Lipinski definition) is 2. The van der Waals surface area contributed by atoms with Gasteiger partial charge in [-0.15, -0.1) is 0 Å². The molecule has 0 aromatic rings. The van der Waals surface area contributed by atoms with Gasteiger partial charge in [-0.2, -0.15) is 0 Å². The molecule has 0 atom stereocenters. The minimum absolute atomic E-state index is 0.0781. The smallest absolute Gasteiger partial charge is 0.239 e. The topological polar surface area (TPSA) is 50.4 Å². The highest BCUT2D eigenvalue weighted by Crippen LogP contribution is 2.23. The molecule has 2 N–H and O–H groups in total. The van der Waals surface area contributed by atoms with Crippen LogP contribution in [0.15, 0.2) is 0 Å². The van der Waals surface area contributed by atoms with Gasteiger partial charge in [-0.1, -0.05) is 6.92 Å². The van der Waals surface area contributed by atoms with Gasteiger partial charge in [-0.3, -0.25) is 4.79 Å². The zero-order valence-electron chi connectivity index (χ0n) is 10.8. The van der Waals surface area contributed by atoms with Crippen LogP contribution in [0.3, 0.4) is 0 Å². The van der Waals surface area contributed by atoms with Crippen LogP contribution in [-0.2, 0) is 9.53 Å². The lowest BCUT2D eigenvalue weighted by atomic mass is 9.88. The summed E-state index contributed by atoms with van der Waals surface area (Å²) >= 11 is 0. The van der Waals surface area contributed by atoms with Gasteiger partial charge in [0.1, 0.15) is 0 Å². The van der Waals surface area contributed by atoms with Crippen LogP contribution in [0.1, 0.15) is 40.5 Å². The highest BCUT2D eigenvalue weighted by atomic mass is 16.5. The molecular weight excluding hydrogens is 204 g/mol. The minimum atomic E-state index is -0.481. The Balaban J connectivity index is 2.26. The summed E-state index contributed by atoms with van der Waals surface area (Å²) in [5, 5.41) is 6.22. The number of carbonyl (C=O) groups is 1. The van der Waals surface area contributed by atoms with Crippen molar-refractivity contribution in [1.29, 1.82) is 0 Å². The van der Waals surface area contributed by atoms with Crippen LogP contribution in [-0.4, -0.2) is 36.7 Å². The van der Waals surface area contributed by atoms with Crippen molar-refractivity contribution in [2.45, 2.75) is 58.2 Å². The maximum atomic E-state index is 11.9. The first kappa shape index (κ1) is 13.5. The van der Waals surface area contributed by atoms with E-state index in [2.05, 4.69) is 10.6 Å². The van der Waals surface area contributed by atoms with E-state index in [9.17, 15) is 4.79 Å². The van der Waals surface area contributed by atoms with E-state index in [4.69, 9.17) is 4.74 Å². The van der Waals surface area contributed by atoms with Crippen LogP contribution < -0.4 is 10.6 Å². The first-order valence-corrected chi connectivity index (χ1v) is 6.17. The maximum Gasteiger partial charge on any atom is 0.239 e. The van der Waals surface area contributed by atoms with E-state index in [1.54, 1.807) is 0 Å². The molecule has 16 heavy (non-hydrogen) atoms. The Morgan fingerprint density at radius 3 is 2.50 bits per heavy atom. The summed E-state index contributed by atoms with van der Waals surface area (Å²) < 4.78 is 5.46. The van der Waals surface area contributed by atoms with Gasteiger partial charge in [0.25, 0.3) is 0 Å². The van der Waals surface area contributed by atoms with E-state index < -0.39 is 5.54 Å². The first-order valence-electron chi connectivity index (χ1n) is 6.17. The molecule has 4 heteroatoms. The summed E-state index contributed by atoms with van der Waals surface area (Å²) in [6.45, 7) is 9.37. The van der Waals surface area contributed by atoms with E-state index >= 15 is 0 Å². The van der Waals surface area contributed by atoms with E-state index in [1.807, 2.05) is 27.7 Å². The molecule has 0 bridgehead atoms. The van der Waals surface area contributed by atoms with Crippen molar-refractivity contribution in [2.24, 2.45) is 0 Å². The summed E-state index contributed by atoms with van der Waals surface area (Å²) in [4.78, 5) is 11.9. The molecule has 0 saturated heterocycles. The number of ether oxygens (including phenoxy) is 1. The second kappa shape index (κ2) is 5.64. The lowest BCUT2D eigenvalue weighted by molar-refractivity contribution is -0.129. The fraction of sp³-hybridized carbons (Fsp3) is 0.917. The third-order valence-corrected chi connectivity index (χ3v) is 3.02. The number of hydrogen-bond acceptors (Lipinski definition) is 3. The normalized spacial score (nSPS) is 25.0. The third kappa shape index (κ3) is 3.46. The molecule has 0 aromatic carbocycles. The van der Waals surface area contributed by atoms with Crippen LogP contribution in [0.25, 0.3) is 0 Å². The van der Waals surface area contributed by atoms with Crippen molar-refractivity contribution in [1.82, 2.24) is 10.6 Å². The number of amides is 1. The molecule has 1 aliphatic carbocycles. The molecule has 0 radical (unpaired) electrons. The molecule has 0 spiro atoms.